The van der Waals surface area contributed by atoms with Gasteiger partial charge < -0.3 is 20.3 Å². The molecule has 8 heteroatoms. The van der Waals surface area contributed by atoms with E-state index in [4.69, 9.17) is 4.74 Å². The summed E-state index contributed by atoms with van der Waals surface area (Å²) in [6.07, 6.45) is 5.07. The van der Waals surface area contributed by atoms with Gasteiger partial charge in [-0.3, -0.25) is 9.78 Å². The van der Waals surface area contributed by atoms with Gasteiger partial charge >= 0.3 is 6.01 Å². The topological polar surface area (TPSA) is 92.3 Å². The molecule has 1 aromatic carbocycles. The second-order valence-corrected chi connectivity index (χ2v) is 7.77. The van der Waals surface area contributed by atoms with Crippen LogP contribution >= 0.6 is 0 Å². The lowest BCUT2D eigenvalue weighted by Crippen LogP contribution is -2.54. The van der Waals surface area contributed by atoms with Gasteiger partial charge in [0, 0.05) is 48.6 Å². The zero-order valence-corrected chi connectivity index (χ0v) is 17.6. The average molecular weight is 406 g/mol. The fraction of sp³-hybridized carbons (Fsp3) is 0.364. The fourth-order valence-corrected chi connectivity index (χ4v) is 3.95. The summed E-state index contributed by atoms with van der Waals surface area (Å²) in [5, 5.41) is 7.31. The van der Waals surface area contributed by atoms with Crippen LogP contribution in [0.3, 0.4) is 0 Å². The van der Waals surface area contributed by atoms with Crippen molar-refractivity contribution in [3.05, 3.63) is 47.9 Å². The molecule has 0 spiro atoms. The van der Waals surface area contributed by atoms with Gasteiger partial charge in [0.25, 0.3) is 5.91 Å². The lowest BCUT2D eigenvalue weighted by Gasteiger charge is -2.38. The predicted molar refractivity (Wildman–Crippen MR) is 117 cm³/mol. The molecular weight excluding hydrogens is 380 g/mol. The van der Waals surface area contributed by atoms with Crippen LogP contribution in [0.15, 0.2) is 36.8 Å². The SMILES string of the molecule is COc1ncc2c(N3CC(C)NC(C)C3)ccc(C(=O)Nc3cnccc3C)c2n1. The van der Waals surface area contributed by atoms with E-state index in [9.17, 15) is 4.79 Å². The molecule has 4 rings (SSSR count). The van der Waals surface area contributed by atoms with Crippen molar-refractivity contribution < 1.29 is 9.53 Å². The molecule has 1 amide bonds. The Labute approximate surface area is 175 Å². The highest BCUT2D eigenvalue weighted by atomic mass is 16.5. The first-order valence-corrected chi connectivity index (χ1v) is 10.0. The van der Waals surface area contributed by atoms with Crippen molar-refractivity contribution in [3.8, 4) is 6.01 Å². The second-order valence-electron chi connectivity index (χ2n) is 7.77. The Bertz CT molecular complexity index is 1080. The number of nitrogens with zero attached hydrogens (tertiary/aromatic N) is 4. The van der Waals surface area contributed by atoms with Crippen LogP contribution in [0.2, 0.25) is 0 Å². The van der Waals surface area contributed by atoms with E-state index in [-0.39, 0.29) is 11.9 Å². The van der Waals surface area contributed by atoms with E-state index < -0.39 is 0 Å². The van der Waals surface area contributed by atoms with Gasteiger partial charge in [-0.05, 0) is 44.5 Å². The third-order valence-corrected chi connectivity index (χ3v) is 5.32. The van der Waals surface area contributed by atoms with Crippen LogP contribution in [0.1, 0.15) is 29.8 Å². The van der Waals surface area contributed by atoms with Crippen molar-refractivity contribution in [1.29, 1.82) is 0 Å². The van der Waals surface area contributed by atoms with Gasteiger partial charge in [0.1, 0.15) is 0 Å². The number of carbonyl (C=O) groups excluding carboxylic acids is 1. The Morgan fingerprint density at radius 1 is 1.20 bits per heavy atom. The van der Waals surface area contributed by atoms with Crippen LogP contribution in [0, 0.1) is 6.92 Å². The Hall–Kier alpha value is -3.26. The third kappa shape index (κ3) is 3.91. The van der Waals surface area contributed by atoms with Gasteiger partial charge in [-0.25, -0.2) is 4.98 Å². The van der Waals surface area contributed by atoms with E-state index in [0.717, 1.165) is 29.7 Å². The molecule has 2 N–H and O–H groups in total. The number of methoxy groups -OCH3 is 1. The maximum Gasteiger partial charge on any atom is 0.316 e. The summed E-state index contributed by atoms with van der Waals surface area (Å²) >= 11 is 0. The molecular formula is C22H26N6O2. The molecule has 1 aliphatic heterocycles. The highest BCUT2D eigenvalue weighted by Gasteiger charge is 2.24. The van der Waals surface area contributed by atoms with Crippen molar-refractivity contribution >= 4 is 28.2 Å². The van der Waals surface area contributed by atoms with Crippen LogP contribution < -0.4 is 20.3 Å². The molecule has 0 aliphatic carbocycles. The fourth-order valence-electron chi connectivity index (χ4n) is 3.95. The third-order valence-electron chi connectivity index (χ3n) is 5.32. The summed E-state index contributed by atoms with van der Waals surface area (Å²) in [4.78, 5) is 28.3. The van der Waals surface area contributed by atoms with E-state index in [1.807, 2.05) is 25.1 Å². The Morgan fingerprint density at radius 2 is 1.97 bits per heavy atom. The standard InChI is InChI=1S/C22H26N6O2/c1-13-7-8-23-10-18(13)26-21(29)16-5-6-19(28-11-14(2)25-15(3)12-28)17-9-24-22(30-4)27-20(16)17/h5-10,14-15,25H,11-12H2,1-4H3,(H,26,29). The number of aromatic nitrogens is 3. The Morgan fingerprint density at radius 3 is 2.67 bits per heavy atom. The first-order chi connectivity index (χ1) is 14.5. The largest absolute Gasteiger partial charge is 0.467 e. The first-order valence-electron chi connectivity index (χ1n) is 10.0. The number of ether oxygens (including phenoxy) is 1. The van der Waals surface area contributed by atoms with Crippen molar-refractivity contribution in [1.82, 2.24) is 20.3 Å². The monoisotopic (exact) mass is 406 g/mol. The molecule has 1 aliphatic rings. The van der Waals surface area contributed by atoms with Crippen molar-refractivity contribution in [2.24, 2.45) is 0 Å². The molecule has 2 aromatic heterocycles. The van der Waals surface area contributed by atoms with Crippen molar-refractivity contribution in [2.45, 2.75) is 32.9 Å². The number of rotatable bonds is 4. The minimum Gasteiger partial charge on any atom is -0.467 e. The number of fused-ring (bicyclic) bond motifs is 1. The number of aryl methyl sites for hydroxylation is 1. The number of amides is 1. The van der Waals surface area contributed by atoms with Crippen LogP contribution in [-0.4, -0.2) is 53.1 Å². The number of hydrogen-bond acceptors (Lipinski definition) is 7. The molecule has 0 radical (unpaired) electrons. The van der Waals surface area contributed by atoms with Gasteiger partial charge in [-0.15, -0.1) is 0 Å². The number of anilines is 2. The van der Waals surface area contributed by atoms with Crippen molar-refractivity contribution in [2.75, 3.05) is 30.4 Å². The molecule has 2 atom stereocenters. The molecule has 0 bridgehead atoms. The summed E-state index contributed by atoms with van der Waals surface area (Å²) in [5.74, 6) is -0.245. The lowest BCUT2D eigenvalue weighted by atomic mass is 10.0. The quantitative estimate of drug-likeness (QED) is 0.688. The predicted octanol–water partition coefficient (Wildman–Crippen LogP) is 2.78. The second kappa shape index (κ2) is 8.23. The van der Waals surface area contributed by atoms with E-state index >= 15 is 0 Å². The van der Waals surface area contributed by atoms with Gasteiger partial charge in [0.2, 0.25) is 0 Å². The zero-order chi connectivity index (χ0) is 21.3. The molecule has 3 heterocycles. The minimum atomic E-state index is -0.245. The van der Waals surface area contributed by atoms with Crippen LogP contribution in [0.25, 0.3) is 10.9 Å². The summed E-state index contributed by atoms with van der Waals surface area (Å²) in [5.41, 5.74) is 3.66. The summed E-state index contributed by atoms with van der Waals surface area (Å²) < 4.78 is 5.23. The number of pyridine rings is 1. The maximum atomic E-state index is 13.1. The Kier molecular flexibility index (Phi) is 5.50. The zero-order valence-electron chi connectivity index (χ0n) is 17.6. The number of benzene rings is 1. The van der Waals surface area contributed by atoms with Gasteiger partial charge in [0.05, 0.1) is 30.1 Å². The molecule has 3 aromatic rings. The highest BCUT2D eigenvalue weighted by molar-refractivity contribution is 6.14. The Balaban J connectivity index is 1.77. The molecule has 0 saturated carbocycles. The van der Waals surface area contributed by atoms with E-state index in [1.54, 1.807) is 18.6 Å². The summed E-state index contributed by atoms with van der Waals surface area (Å²) in [7, 11) is 1.52. The number of hydrogen-bond donors (Lipinski definition) is 2. The molecule has 8 nitrogen and oxygen atoms in total. The highest BCUT2D eigenvalue weighted by Crippen LogP contribution is 2.31. The lowest BCUT2D eigenvalue weighted by molar-refractivity contribution is 0.102. The minimum absolute atomic E-state index is 0.230. The van der Waals surface area contributed by atoms with E-state index in [0.29, 0.717) is 28.9 Å². The first kappa shape index (κ1) is 20.0. The number of carbonyl (C=O) groups is 1. The average Bonchev–Trinajstić information content (AvgIpc) is 2.73. The van der Waals surface area contributed by atoms with Gasteiger partial charge in [-0.1, -0.05) is 0 Å². The number of nitrogens with one attached hydrogen (secondary N) is 2. The van der Waals surface area contributed by atoms with Gasteiger partial charge in [-0.2, -0.15) is 4.98 Å². The summed E-state index contributed by atoms with van der Waals surface area (Å²) in [6, 6.07) is 6.61. The van der Waals surface area contributed by atoms with Crippen LogP contribution in [0.5, 0.6) is 6.01 Å². The molecule has 1 saturated heterocycles. The maximum absolute atomic E-state index is 13.1. The normalized spacial score (nSPS) is 19.0. The molecule has 30 heavy (non-hydrogen) atoms. The molecule has 1 fully saturated rings. The molecule has 156 valence electrons. The van der Waals surface area contributed by atoms with E-state index in [2.05, 4.69) is 44.3 Å². The van der Waals surface area contributed by atoms with Crippen LogP contribution in [0.4, 0.5) is 11.4 Å². The van der Waals surface area contributed by atoms with E-state index in [1.165, 1.54) is 7.11 Å². The number of piperazine rings is 1. The smallest absolute Gasteiger partial charge is 0.316 e. The summed E-state index contributed by atoms with van der Waals surface area (Å²) in [6.45, 7) is 8.00. The van der Waals surface area contributed by atoms with Gasteiger partial charge in [0.15, 0.2) is 0 Å². The van der Waals surface area contributed by atoms with Crippen LogP contribution in [-0.2, 0) is 0 Å². The van der Waals surface area contributed by atoms with Crippen molar-refractivity contribution in [3.63, 3.8) is 0 Å². The molecule has 2 unspecified atom stereocenters.